The van der Waals surface area contributed by atoms with Crippen molar-refractivity contribution in [3.8, 4) is 0 Å². The number of benzene rings is 2. The van der Waals surface area contributed by atoms with Gasteiger partial charge in [0.05, 0.1) is 35.2 Å². The number of rotatable bonds is 4. The lowest BCUT2D eigenvalue weighted by molar-refractivity contribution is -0.115. The third kappa shape index (κ3) is 3.64. The monoisotopic (exact) mass is 418 g/mol. The molecule has 0 saturated carbocycles. The third-order valence-corrected chi connectivity index (χ3v) is 5.84. The van der Waals surface area contributed by atoms with E-state index in [-0.39, 0.29) is 11.5 Å². The van der Waals surface area contributed by atoms with E-state index in [0.717, 1.165) is 22.4 Å². The van der Waals surface area contributed by atoms with Crippen LogP contribution in [-0.2, 0) is 11.3 Å². The molecule has 0 aliphatic rings. The van der Waals surface area contributed by atoms with Gasteiger partial charge in [0.1, 0.15) is 0 Å². The lowest BCUT2D eigenvalue weighted by Crippen LogP contribution is -2.25. The molecule has 0 saturated heterocycles. The molecule has 0 fully saturated rings. The van der Waals surface area contributed by atoms with Crippen molar-refractivity contribution in [2.75, 3.05) is 4.90 Å². The summed E-state index contributed by atoms with van der Waals surface area (Å²) in [5, 5.41) is 3.05. The minimum Gasteiger partial charge on any atom is -0.293 e. The largest absolute Gasteiger partial charge is 0.293 e. The minimum absolute atomic E-state index is 0.101. The Bertz CT molecular complexity index is 1300. The van der Waals surface area contributed by atoms with Crippen LogP contribution in [0.2, 0.25) is 0 Å². The zero-order valence-corrected chi connectivity index (χ0v) is 18.2. The second kappa shape index (κ2) is 7.84. The van der Waals surface area contributed by atoms with Crippen LogP contribution >= 0.6 is 11.3 Å². The van der Waals surface area contributed by atoms with E-state index < -0.39 is 0 Å². The summed E-state index contributed by atoms with van der Waals surface area (Å²) in [5.41, 5.74) is 5.33. The maximum atomic E-state index is 12.8. The van der Waals surface area contributed by atoms with Crippen LogP contribution < -0.4 is 10.5 Å². The Kier molecular flexibility index (Phi) is 5.22. The predicted octanol–water partition coefficient (Wildman–Crippen LogP) is 4.51. The fourth-order valence-corrected chi connectivity index (χ4v) is 4.64. The summed E-state index contributed by atoms with van der Waals surface area (Å²) in [6, 6.07) is 11.4. The number of aryl methyl sites for hydroxylation is 3. The highest BCUT2D eigenvalue weighted by molar-refractivity contribution is 7.14. The smallest absolute Gasteiger partial charge is 0.261 e. The van der Waals surface area contributed by atoms with Crippen LogP contribution in [0, 0.1) is 20.8 Å². The molecule has 0 bridgehead atoms. The number of hydrogen-bond donors (Lipinski definition) is 0. The normalized spacial score (nSPS) is 11.1. The quantitative estimate of drug-likeness (QED) is 0.489. The Balaban J connectivity index is 1.70. The topological polar surface area (TPSA) is 68.1 Å². The first-order valence-electron chi connectivity index (χ1n) is 9.62. The van der Waals surface area contributed by atoms with Gasteiger partial charge in [-0.1, -0.05) is 29.8 Å². The Morgan fingerprint density at radius 2 is 1.83 bits per heavy atom. The second-order valence-corrected chi connectivity index (χ2v) is 8.25. The summed E-state index contributed by atoms with van der Waals surface area (Å²) < 4.78 is 1.54. The fraction of sp³-hybridized carbons (Fsp3) is 0.217. The van der Waals surface area contributed by atoms with E-state index in [1.54, 1.807) is 21.9 Å². The molecule has 0 spiro atoms. The van der Waals surface area contributed by atoms with Gasteiger partial charge in [0.25, 0.3) is 5.56 Å². The Morgan fingerprint density at radius 1 is 1.13 bits per heavy atom. The zero-order chi connectivity index (χ0) is 21.4. The van der Waals surface area contributed by atoms with Crippen LogP contribution in [0.4, 0.5) is 10.8 Å². The number of anilines is 2. The van der Waals surface area contributed by atoms with E-state index in [1.807, 2.05) is 44.4 Å². The second-order valence-electron chi connectivity index (χ2n) is 7.42. The number of carbonyl (C=O) groups excluding carboxylic acids is 1. The van der Waals surface area contributed by atoms with Gasteiger partial charge in [-0.2, -0.15) is 0 Å². The van der Waals surface area contributed by atoms with Crippen molar-refractivity contribution in [1.29, 1.82) is 0 Å². The van der Waals surface area contributed by atoms with Gasteiger partial charge in [-0.05, 0) is 44.0 Å². The highest BCUT2D eigenvalue weighted by Crippen LogP contribution is 2.34. The van der Waals surface area contributed by atoms with Gasteiger partial charge >= 0.3 is 0 Å². The third-order valence-electron chi connectivity index (χ3n) is 4.97. The molecule has 2 heterocycles. The van der Waals surface area contributed by atoms with E-state index >= 15 is 0 Å². The average molecular weight is 419 g/mol. The molecule has 152 valence electrons. The van der Waals surface area contributed by atoms with Gasteiger partial charge in [0.2, 0.25) is 5.91 Å². The molecule has 0 aliphatic heterocycles. The van der Waals surface area contributed by atoms with Crippen LogP contribution in [0.5, 0.6) is 0 Å². The first-order chi connectivity index (χ1) is 14.3. The molecule has 2 aromatic carbocycles. The van der Waals surface area contributed by atoms with Gasteiger partial charge in [-0.15, -0.1) is 11.3 Å². The van der Waals surface area contributed by atoms with Crippen LogP contribution in [0.1, 0.15) is 29.3 Å². The zero-order valence-electron chi connectivity index (χ0n) is 17.3. The van der Waals surface area contributed by atoms with Crippen molar-refractivity contribution in [2.24, 2.45) is 0 Å². The van der Waals surface area contributed by atoms with Crippen LogP contribution in [-0.4, -0.2) is 20.4 Å². The lowest BCUT2D eigenvalue weighted by Gasteiger charge is -2.23. The van der Waals surface area contributed by atoms with E-state index in [1.165, 1.54) is 18.3 Å². The molecule has 0 aliphatic carbocycles. The number of nitrogens with zero attached hydrogens (tertiary/aromatic N) is 4. The summed E-state index contributed by atoms with van der Waals surface area (Å²) in [5.74, 6) is -0.101. The Labute approximate surface area is 178 Å². The summed E-state index contributed by atoms with van der Waals surface area (Å²) >= 11 is 1.39. The number of aromatic nitrogens is 3. The number of thiazole rings is 1. The number of amides is 1. The van der Waals surface area contributed by atoms with Crippen molar-refractivity contribution >= 4 is 39.0 Å². The molecule has 6 nitrogen and oxygen atoms in total. The molecule has 1 amide bonds. The van der Waals surface area contributed by atoms with Crippen LogP contribution in [0.25, 0.3) is 10.9 Å². The van der Waals surface area contributed by atoms with Crippen LogP contribution in [0.3, 0.4) is 0 Å². The molecule has 7 heteroatoms. The summed E-state index contributed by atoms with van der Waals surface area (Å²) in [7, 11) is 0. The summed E-state index contributed by atoms with van der Waals surface area (Å²) in [4.78, 5) is 36.0. The van der Waals surface area contributed by atoms with Crippen molar-refractivity contribution in [1.82, 2.24) is 14.5 Å². The first-order valence-corrected chi connectivity index (χ1v) is 10.5. The van der Waals surface area contributed by atoms with E-state index in [0.29, 0.717) is 28.3 Å². The maximum Gasteiger partial charge on any atom is 0.261 e. The molecule has 0 radical (unpaired) electrons. The minimum atomic E-state index is -0.108. The molecule has 4 rings (SSSR count). The first kappa shape index (κ1) is 20.0. The Morgan fingerprint density at radius 3 is 2.53 bits per heavy atom. The fourth-order valence-electron chi connectivity index (χ4n) is 3.78. The van der Waals surface area contributed by atoms with Crippen LogP contribution in [0.15, 0.2) is 52.9 Å². The molecule has 2 aromatic heterocycles. The number of fused-ring (bicyclic) bond motifs is 1. The standard InChI is InChI=1S/C23H22N4O2S/c1-14-9-15(2)21(16(3)10-14)27(17(4)28)23-25-18(12-30-23)11-26-13-24-20-8-6-5-7-19(20)22(26)29/h5-10,12-13H,11H2,1-4H3. The highest BCUT2D eigenvalue weighted by atomic mass is 32.1. The Hall–Kier alpha value is -3.32. The molecule has 4 aromatic rings. The average Bonchev–Trinajstić information content (AvgIpc) is 3.14. The molecule has 0 atom stereocenters. The van der Waals surface area contributed by atoms with Crippen molar-refractivity contribution in [2.45, 2.75) is 34.2 Å². The van der Waals surface area contributed by atoms with Gasteiger partial charge in [0.15, 0.2) is 5.13 Å². The summed E-state index contributed by atoms with van der Waals surface area (Å²) in [6.07, 6.45) is 1.54. The highest BCUT2D eigenvalue weighted by Gasteiger charge is 2.22. The van der Waals surface area contributed by atoms with E-state index in [9.17, 15) is 9.59 Å². The molecular weight excluding hydrogens is 396 g/mol. The number of hydrogen-bond acceptors (Lipinski definition) is 5. The van der Waals surface area contributed by atoms with Crippen molar-refractivity contribution in [3.05, 3.63) is 80.8 Å². The SMILES string of the molecule is CC(=O)N(c1nc(Cn2cnc3ccccc3c2=O)cs1)c1c(C)cc(C)cc1C. The summed E-state index contributed by atoms with van der Waals surface area (Å²) in [6.45, 7) is 7.88. The molecular formula is C23H22N4O2S. The number of carbonyl (C=O) groups is 1. The number of para-hydroxylation sites is 1. The predicted molar refractivity (Wildman–Crippen MR) is 121 cm³/mol. The van der Waals surface area contributed by atoms with Crippen molar-refractivity contribution < 1.29 is 4.79 Å². The van der Waals surface area contributed by atoms with Gasteiger partial charge < -0.3 is 0 Å². The van der Waals surface area contributed by atoms with E-state index in [4.69, 9.17) is 0 Å². The van der Waals surface area contributed by atoms with Gasteiger partial charge in [-0.25, -0.2) is 9.97 Å². The maximum absolute atomic E-state index is 12.8. The van der Waals surface area contributed by atoms with Gasteiger partial charge in [-0.3, -0.25) is 19.1 Å². The lowest BCUT2D eigenvalue weighted by atomic mass is 10.0. The molecule has 30 heavy (non-hydrogen) atoms. The van der Waals surface area contributed by atoms with Crippen molar-refractivity contribution in [3.63, 3.8) is 0 Å². The molecule has 0 N–H and O–H groups in total. The molecule has 0 unspecified atom stereocenters. The van der Waals surface area contributed by atoms with E-state index in [2.05, 4.69) is 22.1 Å². The van der Waals surface area contributed by atoms with Gasteiger partial charge in [0, 0.05) is 12.3 Å².